The summed E-state index contributed by atoms with van der Waals surface area (Å²) in [5.74, 6) is 0. The highest BCUT2D eigenvalue weighted by molar-refractivity contribution is 7.85. The first kappa shape index (κ1) is 22.2. The van der Waals surface area contributed by atoms with Crippen molar-refractivity contribution in [3.63, 3.8) is 0 Å². The SMILES string of the molecule is CCCCCCCCCCn1cccc1CCC.CS(=O)(=O)O. The van der Waals surface area contributed by atoms with Crippen molar-refractivity contribution in [2.75, 3.05) is 6.26 Å². The molecule has 1 rings (SSSR count). The standard InChI is InChI=1S/C17H31N.CH4O3S/c1-3-5-6-7-8-9-10-11-15-18-16-12-14-17(18)13-4-2;1-5(2,3)4/h12,14,16H,3-11,13,15H2,1-2H3;1H3,(H,2,3,4). The Hall–Kier alpha value is -0.810. The van der Waals surface area contributed by atoms with Gasteiger partial charge in [-0.2, -0.15) is 8.42 Å². The van der Waals surface area contributed by atoms with Crippen molar-refractivity contribution in [2.24, 2.45) is 0 Å². The maximum Gasteiger partial charge on any atom is 0.261 e. The lowest BCUT2D eigenvalue weighted by molar-refractivity contribution is 0.490. The van der Waals surface area contributed by atoms with Gasteiger partial charge in [0.2, 0.25) is 0 Å². The van der Waals surface area contributed by atoms with Crippen molar-refractivity contribution in [3.05, 3.63) is 24.0 Å². The van der Waals surface area contributed by atoms with E-state index in [1.54, 1.807) is 0 Å². The fourth-order valence-electron chi connectivity index (χ4n) is 2.57. The minimum absolute atomic E-state index is 0.715. The summed E-state index contributed by atoms with van der Waals surface area (Å²) < 4.78 is 28.3. The molecule has 5 heteroatoms. The van der Waals surface area contributed by atoms with E-state index in [9.17, 15) is 8.42 Å². The first-order chi connectivity index (χ1) is 10.9. The number of rotatable bonds is 11. The molecule has 1 heterocycles. The number of hydrogen-bond acceptors (Lipinski definition) is 2. The Bertz CT molecular complexity index is 472. The Morgan fingerprint density at radius 1 is 0.957 bits per heavy atom. The fraction of sp³-hybridized carbons (Fsp3) is 0.778. The van der Waals surface area contributed by atoms with E-state index in [0.29, 0.717) is 6.26 Å². The van der Waals surface area contributed by atoms with Crippen molar-refractivity contribution in [1.29, 1.82) is 0 Å². The minimum atomic E-state index is -3.67. The van der Waals surface area contributed by atoms with Crippen LogP contribution in [0.2, 0.25) is 0 Å². The average molecular weight is 346 g/mol. The molecule has 0 saturated carbocycles. The molecule has 136 valence electrons. The molecule has 0 saturated heterocycles. The summed E-state index contributed by atoms with van der Waals surface area (Å²) in [5.41, 5.74) is 1.51. The van der Waals surface area contributed by atoms with Crippen molar-refractivity contribution >= 4 is 10.1 Å². The molecule has 0 atom stereocenters. The minimum Gasteiger partial charge on any atom is -0.351 e. The zero-order chi connectivity index (χ0) is 17.6. The lowest BCUT2D eigenvalue weighted by atomic mass is 10.1. The number of aryl methyl sites for hydroxylation is 2. The molecule has 0 aromatic carbocycles. The predicted molar refractivity (Wildman–Crippen MR) is 98.5 cm³/mol. The molecule has 1 aromatic rings. The normalized spacial score (nSPS) is 11.1. The lowest BCUT2D eigenvalue weighted by Crippen LogP contribution is -2.01. The molecule has 1 N–H and O–H groups in total. The van der Waals surface area contributed by atoms with Gasteiger partial charge in [-0.1, -0.05) is 65.2 Å². The quantitative estimate of drug-likeness (QED) is 0.449. The van der Waals surface area contributed by atoms with Crippen LogP contribution in [-0.4, -0.2) is 23.8 Å². The molecule has 0 fully saturated rings. The van der Waals surface area contributed by atoms with Gasteiger partial charge in [0.25, 0.3) is 10.1 Å². The molecule has 23 heavy (non-hydrogen) atoms. The van der Waals surface area contributed by atoms with E-state index < -0.39 is 10.1 Å². The van der Waals surface area contributed by atoms with E-state index >= 15 is 0 Å². The summed E-state index contributed by atoms with van der Waals surface area (Å²) in [4.78, 5) is 0. The highest BCUT2D eigenvalue weighted by atomic mass is 32.2. The van der Waals surface area contributed by atoms with Crippen LogP contribution in [0, 0.1) is 0 Å². The van der Waals surface area contributed by atoms with Crippen LogP contribution in [0.1, 0.15) is 77.3 Å². The first-order valence-electron chi connectivity index (χ1n) is 8.95. The Kier molecular flexibility index (Phi) is 13.1. The molecule has 0 radical (unpaired) electrons. The summed E-state index contributed by atoms with van der Waals surface area (Å²) in [6.07, 6.45) is 16.7. The highest BCUT2D eigenvalue weighted by Gasteiger charge is 1.99. The smallest absolute Gasteiger partial charge is 0.261 e. The van der Waals surface area contributed by atoms with Gasteiger partial charge in [-0.25, -0.2) is 0 Å². The fourth-order valence-corrected chi connectivity index (χ4v) is 2.57. The van der Waals surface area contributed by atoms with Gasteiger partial charge in [-0.15, -0.1) is 0 Å². The number of nitrogens with zero attached hydrogens (tertiary/aromatic N) is 1. The molecule has 0 spiro atoms. The second-order valence-electron chi connectivity index (χ2n) is 6.15. The van der Waals surface area contributed by atoms with Crippen molar-refractivity contribution in [2.45, 2.75) is 84.6 Å². The predicted octanol–water partition coefficient (Wildman–Crippen LogP) is 5.09. The molecule has 1 aromatic heterocycles. The molecule has 0 unspecified atom stereocenters. The molecule has 0 aliphatic carbocycles. The van der Waals surface area contributed by atoms with Crippen LogP contribution >= 0.6 is 0 Å². The van der Waals surface area contributed by atoms with Crippen LogP contribution in [0.3, 0.4) is 0 Å². The summed E-state index contributed by atoms with van der Waals surface area (Å²) >= 11 is 0. The van der Waals surface area contributed by atoms with Crippen LogP contribution in [0.5, 0.6) is 0 Å². The van der Waals surface area contributed by atoms with E-state index in [1.165, 1.54) is 76.4 Å². The number of aromatic nitrogens is 1. The van der Waals surface area contributed by atoms with Crippen molar-refractivity contribution in [1.82, 2.24) is 4.57 Å². The third-order valence-electron chi connectivity index (χ3n) is 3.68. The van der Waals surface area contributed by atoms with Crippen LogP contribution in [0.15, 0.2) is 18.3 Å². The van der Waals surface area contributed by atoms with E-state index in [4.69, 9.17) is 4.55 Å². The lowest BCUT2D eigenvalue weighted by Gasteiger charge is -2.08. The third-order valence-corrected chi connectivity index (χ3v) is 3.68. The van der Waals surface area contributed by atoms with Gasteiger partial charge >= 0.3 is 0 Å². The van der Waals surface area contributed by atoms with Crippen LogP contribution < -0.4 is 0 Å². The second kappa shape index (κ2) is 13.6. The molecular formula is C18H35NO3S. The van der Waals surface area contributed by atoms with Gasteiger partial charge in [0.1, 0.15) is 0 Å². The Morgan fingerprint density at radius 2 is 1.48 bits per heavy atom. The number of unbranched alkanes of at least 4 members (excludes halogenated alkanes) is 7. The summed E-state index contributed by atoms with van der Waals surface area (Å²) in [7, 11) is -3.67. The Balaban J connectivity index is 0.000000841. The van der Waals surface area contributed by atoms with E-state index in [2.05, 4.69) is 36.7 Å². The average Bonchev–Trinajstić information content (AvgIpc) is 2.88. The molecule has 0 amide bonds. The van der Waals surface area contributed by atoms with E-state index in [0.717, 1.165) is 0 Å². The van der Waals surface area contributed by atoms with E-state index in [1.807, 2.05) is 0 Å². The Morgan fingerprint density at radius 3 is 2.00 bits per heavy atom. The third kappa shape index (κ3) is 15.8. The molecular weight excluding hydrogens is 310 g/mol. The zero-order valence-electron chi connectivity index (χ0n) is 15.1. The first-order valence-corrected chi connectivity index (χ1v) is 10.8. The van der Waals surface area contributed by atoms with Crippen LogP contribution in [0.4, 0.5) is 0 Å². The van der Waals surface area contributed by atoms with Crippen molar-refractivity contribution < 1.29 is 13.0 Å². The second-order valence-corrected chi connectivity index (χ2v) is 7.62. The van der Waals surface area contributed by atoms with Crippen LogP contribution in [0.25, 0.3) is 0 Å². The Labute approximate surface area is 143 Å². The summed E-state index contributed by atoms with van der Waals surface area (Å²) in [6, 6.07) is 4.46. The van der Waals surface area contributed by atoms with Crippen molar-refractivity contribution in [3.8, 4) is 0 Å². The van der Waals surface area contributed by atoms with Gasteiger partial charge in [-0.3, -0.25) is 4.55 Å². The number of hydrogen-bond donors (Lipinski definition) is 1. The monoisotopic (exact) mass is 345 g/mol. The van der Waals surface area contributed by atoms with Gasteiger partial charge < -0.3 is 4.57 Å². The maximum absolute atomic E-state index is 9.19. The summed E-state index contributed by atoms with van der Waals surface area (Å²) in [6.45, 7) is 5.76. The molecule has 0 aliphatic heterocycles. The zero-order valence-corrected chi connectivity index (χ0v) is 15.9. The molecule has 0 aliphatic rings. The largest absolute Gasteiger partial charge is 0.351 e. The molecule has 0 bridgehead atoms. The van der Waals surface area contributed by atoms with Gasteiger partial charge in [0, 0.05) is 18.4 Å². The van der Waals surface area contributed by atoms with E-state index in [-0.39, 0.29) is 0 Å². The van der Waals surface area contributed by atoms with Crippen LogP contribution in [-0.2, 0) is 23.1 Å². The van der Waals surface area contributed by atoms with Gasteiger partial charge in [0.15, 0.2) is 0 Å². The van der Waals surface area contributed by atoms with Gasteiger partial charge in [-0.05, 0) is 25.0 Å². The highest BCUT2D eigenvalue weighted by Crippen LogP contribution is 2.11. The van der Waals surface area contributed by atoms with Gasteiger partial charge in [0.05, 0.1) is 6.26 Å². The molecule has 4 nitrogen and oxygen atoms in total. The maximum atomic E-state index is 9.19. The summed E-state index contributed by atoms with van der Waals surface area (Å²) in [5, 5.41) is 0. The topological polar surface area (TPSA) is 59.3 Å².